The van der Waals surface area contributed by atoms with Gasteiger partial charge in [-0.1, -0.05) is 30.8 Å². The quantitative estimate of drug-likeness (QED) is 0.582. The summed E-state index contributed by atoms with van der Waals surface area (Å²) in [5.74, 6) is 1.43. The zero-order valence-electron chi connectivity index (χ0n) is 13.0. The number of nitrogens with zero attached hydrogens (tertiary/aromatic N) is 2. The van der Waals surface area contributed by atoms with Gasteiger partial charge < -0.3 is 19.7 Å². The average molecular weight is 297 g/mol. The van der Waals surface area contributed by atoms with Crippen LogP contribution in [0.5, 0.6) is 0 Å². The molecular formula is C15H27N3O3. The van der Waals surface area contributed by atoms with E-state index in [0.29, 0.717) is 38.6 Å². The molecule has 1 aliphatic carbocycles. The molecule has 0 aliphatic heterocycles. The Bertz CT molecular complexity index is 401. The third-order valence-electron chi connectivity index (χ3n) is 4.27. The van der Waals surface area contributed by atoms with Crippen LogP contribution in [0.3, 0.4) is 0 Å². The topological polar surface area (TPSA) is 83.4 Å². The number of hydrogen-bond acceptors (Lipinski definition) is 6. The third-order valence-corrected chi connectivity index (χ3v) is 4.27. The van der Waals surface area contributed by atoms with Gasteiger partial charge in [-0.25, -0.2) is 0 Å². The fourth-order valence-electron chi connectivity index (χ4n) is 2.89. The normalized spacial score (nSPS) is 18.6. The number of nitrogens with two attached hydrogens (primary N) is 1. The van der Waals surface area contributed by atoms with Crippen molar-refractivity contribution in [2.24, 2.45) is 5.73 Å². The molecule has 0 unspecified atom stereocenters. The monoisotopic (exact) mass is 297 g/mol. The van der Waals surface area contributed by atoms with E-state index in [-0.39, 0.29) is 5.41 Å². The SMILES string of the molecule is COCCOCCc1noc(C2(CN)CCCCCC2)n1. The van der Waals surface area contributed by atoms with E-state index in [4.69, 9.17) is 19.7 Å². The highest BCUT2D eigenvalue weighted by atomic mass is 16.5. The van der Waals surface area contributed by atoms with Crippen LogP contribution in [0.4, 0.5) is 0 Å². The molecule has 1 fully saturated rings. The van der Waals surface area contributed by atoms with Crippen molar-refractivity contribution >= 4 is 0 Å². The van der Waals surface area contributed by atoms with Crippen molar-refractivity contribution in [1.82, 2.24) is 10.1 Å². The molecule has 0 saturated heterocycles. The molecule has 6 nitrogen and oxygen atoms in total. The van der Waals surface area contributed by atoms with Crippen molar-refractivity contribution in [3.63, 3.8) is 0 Å². The number of ether oxygens (including phenoxy) is 2. The Labute approximate surface area is 126 Å². The van der Waals surface area contributed by atoms with E-state index in [1.165, 1.54) is 25.7 Å². The zero-order chi connectivity index (χ0) is 15.0. The number of aromatic nitrogens is 2. The summed E-state index contributed by atoms with van der Waals surface area (Å²) in [7, 11) is 1.66. The summed E-state index contributed by atoms with van der Waals surface area (Å²) in [5, 5.41) is 4.08. The van der Waals surface area contributed by atoms with Crippen LogP contribution in [0.1, 0.15) is 50.2 Å². The molecule has 1 aromatic heterocycles. The van der Waals surface area contributed by atoms with Crippen LogP contribution in [0, 0.1) is 0 Å². The van der Waals surface area contributed by atoms with E-state index < -0.39 is 0 Å². The van der Waals surface area contributed by atoms with Crippen LogP contribution in [-0.2, 0) is 21.3 Å². The van der Waals surface area contributed by atoms with E-state index in [1.54, 1.807) is 7.11 Å². The minimum absolute atomic E-state index is 0.112. The molecule has 120 valence electrons. The first-order valence-corrected chi connectivity index (χ1v) is 7.90. The second kappa shape index (κ2) is 8.46. The highest BCUT2D eigenvalue weighted by Crippen LogP contribution is 2.36. The van der Waals surface area contributed by atoms with E-state index in [1.807, 2.05) is 0 Å². The Morgan fingerprint density at radius 3 is 2.57 bits per heavy atom. The van der Waals surface area contributed by atoms with Crippen LogP contribution >= 0.6 is 0 Å². The lowest BCUT2D eigenvalue weighted by Gasteiger charge is -2.26. The fourth-order valence-corrected chi connectivity index (χ4v) is 2.89. The molecule has 2 N–H and O–H groups in total. The largest absolute Gasteiger partial charge is 0.382 e. The maximum atomic E-state index is 6.04. The Hall–Kier alpha value is -0.980. The van der Waals surface area contributed by atoms with Crippen LogP contribution < -0.4 is 5.73 Å². The number of hydrogen-bond donors (Lipinski definition) is 1. The molecule has 0 amide bonds. The standard InChI is InChI=1S/C15H27N3O3/c1-19-10-11-20-9-6-13-17-14(21-18-13)15(12-16)7-4-2-3-5-8-15/h2-12,16H2,1H3. The summed E-state index contributed by atoms with van der Waals surface area (Å²) < 4.78 is 15.9. The van der Waals surface area contributed by atoms with Gasteiger partial charge in [0, 0.05) is 20.1 Å². The molecule has 0 radical (unpaired) electrons. The lowest BCUT2D eigenvalue weighted by molar-refractivity contribution is 0.0714. The van der Waals surface area contributed by atoms with Crippen molar-refractivity contribution < 1.29 is 14.0 Å². The molecule has 0 bridgehead atoms. The van der Waals surface area contributed by atoms with Gasteiger partial charge in [-0.3, -0.25) is 0 Å². The maximum absolute atomic E-state index is 6.04. The third kappa shape index (κ3) is 4.49. The Morgan fingerprint density at radius 2 is 1.90 bits per heavy atom. The molecule has 0 atom stereocenters. The summed E-state index contributed by atoms with van der Waals surface area (Å²) >= 11 is 0. The Kier molecular flexibility index (Phi) is 6.60. The second-order valence-corrected chi connectivity index (χ2v) is 5.77. The van der Waals surface area contributed by atoms with Gasteiger partial charge in [0.25, 0.3) is 0 Å². The molecular weight excluding hydrogens is 270 g/mol. The lowest BCUT2D eigenvalue weighted by atomic mass is 9.80. The predicted octanol–water partition coefficient (Wildman–Crippen LogP) is 1.83. The lowest BCUT2D eigenvalue weighted by Crippen LogP contribution is -2.35. The van der Waals surface area contributed by atoms with Gasteiger partial charge in [-0.05, 0) is 12.8 Å². The van der Waals surface area contributed by atoms with E-state index in [2.05, 4.69) is 10.1 Å². The molecule has 1 saturated carbocycles. The molecule has 6 heteroatoms. The Morgan fingerprint density at radius 1 is 1.14 bits per heavy atom. The molecule has 2 rings (SSSR count). The summed E-state index contributed by atoms with van der Waals surface area (Å²) in [5.41, 5.74) is 5.93. The van der Waals surface area contributed by atoms with Crippen molar-refractivity contribution in [2.75, 3.05) is 33.5 Å². The van der Waals surface area contributed by atoms with E-state index >= 15 is 0 Å². The van der Waals surface area contributed by atoms with Gasteiger partial charge in [0.2, 0.25) is 5.89 Å². The van der Waals surface area contributed by atoms with Crippen molar-refractivity contribution in [2.45, 2.75) is 50.4 Å². The number of rotatable bonds is 8. The van der Waals surface area contributed by atoms with Crippen LogP contribution in [-0.4, -0.2) is 43.6 Å². The highest BCUT2D eigenvalue weighted by molar-refractivity contribution is 5.07. The molecule has 1 aliphatic rings. The van der Waals surface area contributed by atoms with Crippen LogP contribution in [0.25, 0.3) is 0 Å². The first-order chi connectivity index (χ1) is 10.3. The first-order valence-electron chi connectivity index (χ1n) is 7.90. The summed E-state index contributed by atoms with van der Waals surface area (Å²) in [6, 6.07) is 0. The molecule has 0 spiro atoms. The second-order valence-electron chi connectivity index (χ2n) is 5.77. The van der Waals surface area contributed by atoms with Gasteiger partial charge in [0.15, 0.2) is 5.82 Å². The van der Waals surface area contributed by atoms with Gasteiger partial charge in [-0.2, -0.15) is 4.98 Å². The minimum Gasteiger partial charge on any atom is -0.382 e. The van der Waals surface area contributed by atoms with Gasteiger partial charge in [-0.15, -0.1) is 0 Å². The molecule has 21 heavy (non-hydrogen) atoms. The smallest absolute Gasteiger partial charge is 0.234 e. The number of methoxy groups -OCH3 is 1. The zero-order valence-corrected chi connectivity index (χ0v) is 13.0. The van der Waals surface area contributed by atoms with Gasteiger partial charge >= 0.3 is 0 Å². The predicted molar refractivity (Wildman–Crippen MR) is 79.1 cm³/mol. The molecule has 1 aromatic rings. The van der Waals surface area contributed by atoms with E-state index in [0.717, 1.165) is 18.7 Å². The van der Waals surface area contributed by atoms with E-state index in [9.17, 15) is 0 Å². The molecule has 1 heterocycles. The maximum Gasteiger partial charge on any atom is 0.234 e. The van der Waals surface area contributed by atoms with Crippen molar-refractivity contribution in [3.8, 4) is 0 Å². The summed E-state index contributed by atoms with van der Waals surface area (Å²) in [6.45, 7) is 2.36. The fraction of sp³-hybridized carbons (Fsp3) is 0.867. The first kappa shape index (κ1) is 16.4. The highest BCUT2D eigenvalue weighted by Gasteiger charge is 2.36. The summed E-state index contributed by atoms with van der Waals surface area (Å²) in [4.78, 5) is 4.57. The van der Waals surface area contributed by atoms with Crippen LogP contribution in [0.2, 0.25) is 0 Å². The van der Waals surface area contributed by atoms with Crippen LogP contribution in [0.15, 0.2) is 4.52 Å². The average Bonchev–Trinajstić information content (AvgIpc) is 2.85. The Balaban J connectivity index is 1.90. The summed E-state index contributed by atoms with van der Waals surface area (Å²) in [6.07, 6.45) is 7.69. The van der Waals surface area contributed by atoms with Crippen molar-refractivity contribution in [3.05, 3.63) is 11.7 Å². The molecule has 0 aromatic carbocycles. The van der Waals surface area contributed by atoms with Crippen molar-refractivity contribution in [1.29, 1.82) is 0 Å². The van der Waals surface area contributed by atoms with Gasteiger partial charge in [0.1, 0.15) is 0 Å². The van der Waals surface area contributed by atoms with Gasteiger partial charge in [0.05, 0.1) is 25.2 Å². The minimum atomic E-state index is -0.112.